The number of hydrogen-bond donors (Lipinski definition) is 11. The second kappa shape index (κ2) is 48.6. The number of urea groups is 1. The predicted molar refractivity (Wildman–Crippen MR) is 424 cm³/mol. The molecular weight excluding hydrogens is 1540 g/mol. The Morgan fingerprint density at radius 2 is 1.39 bits per heavy atom. The number of nitrogens with zero attached hydrogens (tertiary/aromatic N) is 2. The number of likely N-dealkylation sites (N-methyl/N-ethyl adjacent to an activating group) is 2. The Kier molecular flexibility index (Phi) is 41.6. The highest BCUT2D eigenvalue weighted by molar-refractivity contribution is 7.61. The number of phosphoric ester groups is 2. The third-order valence-corrected chi connectivity index (χ3v) is 22.0. The van der Waals surface area contributed by atoms with Crippen molar-refractivity contribution in [3.63, 3.8) is 0 Å². The number of hydrogen-bond acceptors (Lipinski definition) is 21. The van der Waals surface area contributed by atoms with Gasteiger partial charge in [-0.25, -0.2) is 33.1 Å². The number of allylic oxidation sites excluding steroid dienone is 3. The molecule has 1 aliphatic heterocycles. The molecule has 14 atom stereocenters. The van der Waals surface area contributed by atoms with Crippen LogP contribution >= 0.6 is 27.2 Å². The number of amides is 11. The summed E-state index contributed by atoms with van der Waals surface area (Å²) >= 11 is 6.18. The minimum absolute atomic E-state index is 0.0148. The van der Waals surface area contributed by atoms with E-state index in [2.05, 4.69) is 52.9 Å². The molecule has 1 aliphatic carbocycles. The Hall–Kier alpha value is -8.75. The maximum absolute atomic E-state index is 14.4. The van der Waals surface area contributed by atoms with Crippen molar-refractivity contribution in [2.45, 2.75) is 240 Å². The minimum Gasteiger partial charge on any atom is -0.456 e. The van der Waals surface area contributed by atoms with Gasteiger partial charge in [-0.05, 0) is 164 Å². The first-order valence-electron chi connectivity index (χ1n) is 38.5. The average molecular weight is 1660 g/mol. The van der Waals surface area contributed by atoms with Crippen LogP contribution in [0.4, 0.5) is 20.1 Å². The number of halogens is 1. The number of ether oxygens (including phenoxy) is 4. The Morgan fingerprint density at radius 3 is 2.04 bits per heavy atom. The van der Waals surface area contributed by atoms with Crippen molar-refractivity contribution in [1.82, 2.24) is 47.0 Å². The Bertz CT molecular complexity index is 3770. The van der Waals surface area contributed by atoms with E-state index in [0.29, 0.717) is 35.4 Å². The number of rotatable bonds is 31. The molecule has 636 valence electrons. The molecule has 114 heavy (non-hydrogen) atoms. The molecule has 2 aliphatic rings. The van der Waals surface area contributed by atoms with E-state index in [1.807, 2.05) is 6.08 Å². The summed E-state index contributed by atoms with van der Waals surface area (Å²) in [6.07, 6.45) is 6.03. The monoisotopic (exact) mass is 1660 g/mol. The molecule has 2 aromatic rings. The number of anilines is 1. The molecule has 34 nitrogen and oxygen atoms in total. The summed E-state index contributed by atoms with van der Waals surface area (Å²) in [6.45, 7) is 18.1. The smallest absolute Gasteiger partial charge is 0.456 e. The molecule has 0 radical (unpaired) electrons. The van der Waals surface area contributed by atoms with Crippen molar-refractivity contribution in [3.8, 4) is 0 Å². The maximum Gasteiger partial charge on any atom is 0.481 e. The van der Waals surface area contributed by atoms with Gasteiger partial charge in [-0.15, -0.1) is 0 Å². The molecule has 0 saturated heterocycles. The Labute approximate surface area is 672 Å². The predicted octanol–water partition coefficient (Wildman–Crippen LogP) is 8.76. The maximum atomic E-state index is 14.4. The summed E-state index contributed by atoms with van der Waals surface area (Å²) in [7, 11) is -7.80. The van der Waals surface area contributed by atoms with Crippen molar-refractivity contribution in [3.05, 3.63) is 100 Å². The second-order valence-corrected chi connectivity index (χ2v) is 32.9. The van der Waals surface area contributed by atoms with Gasteiger partial charge in [0.05, 0.1) is 19.8 Å². The van der Waals surface area contributed by atoms with Gasteiger partial charge in [0.1, 0.15) is 54.6 Å². The van der Waals surface area contributed by atoms with E-state index < -0.39 is 179 Å². The van der Waals surface area contributed by atoms with Gasteiger partial charge < -0.3 is 86.8 Å². The molecule has 0 bridgehead atoms. The van der Waals surface area contributed by atoms with Gasteiger partial charge in [0, 0.05) is 62.2 Å². The molecule has 0 fully saturated rings. The SMILES string of the molecule is C/C=C(\C)[C@H]1OC(=O)[C@@H](C)NC(=O)[C@H](C(C)CC)NC(=O)CN(C)C(=O)[C@@H](Cc2ccc(Cl)cc2)N(C)C(=O)[C@H](C)NC(=O)[C@@H](CC(C)C)OC(=O)/C(C)=C/C[C@H](OC(=O)NCCCCCOP(=O)(O)OP(=O)(O)OCc2ccc(NC(=O)[C@H](CCCNC(N)=O)NC(=O)[C@H](NC(=O)OC3CC/C=C/CCC3)C(C)C)cc2)[C@@H]1C. The van der Waals surface area contributed by atoms with Crippen molar-refractivity contribution in [1.29, 1.82) is 0 Å². The zero-order valence-electron chi connectivity index (χ0n) is 67.7. The number of phosphoric acid groups is 2. The van der Waals surface area contributed by atoms with Crippen LogP contribution in [0.3, 0.4) is 0 Å². The van der Waals surface area contributed by atoms with Crippen LogP contribution in [0.5, 0.6) is 0 Å². The van der Waals surface area contributed by atoms with Gasteiger partial charge in [0.2, 0.25) is 35.4 Å². The summed E-state index contributed by atoms with van der Waals surface area (Å²) in [5.74, 6) is -8.91. The molecule has 11 amide bonds. The number of cyclic esters (lactones) is 2. The van der Waals surface area contributed by atoms with E-state index in [1.165, 1.54) is 65.2 Å². The van der Waals surface area contributed by atoms with Crippen LogP contribution in [0.2, 0.25) is 5.02 Å². The highest BCUT2D eigenvalue weighted by atomic mass is 35.5. The van der Waals surface area contributed by atoms with Crippen LogP contribution < -0.4 is 48.3 Å². The molecule has 12 N–H and O–H groups in total. The quantitative estimate of drug-likeness (QED) is 0.0110. The highest BCUT2D eigenvalue weighted by Gasteiger charge is 2.40. The molecule has 0 saturated carbocycles. The fourth-order valence-corrected chi connectivity index (χ4v) is 14.3. The summed E-state index contributed by atoms with van der Waals surface area (Å²) < 4.78 is 63.9. The van der Waals surface area contributed by atoms with Gasteiger partial charge in [-0.1, -0.05) is 115 Å². The number of nitrogens with one attached hydrogen (secondary N) is 8. The molecule has 37 heteroatoms. The van der Waals surface area contributed by atoms with Gasteiger partial charge in [-0.3, -0.25) is 42.6 Å². The van der Waals surface area contributed by atoms with Gasteiger partial charge in [0.15, 0.2) is 6.10 Å². The third-order valence-electron chi connectivity index (χ3n) is 19.1. The molecule has 4 rings (SSSR count). The normalized spacial score (nSPS) is 23.8. The van der Waals surface area contributed by atoms with Crippen molar-refractivity contribution in [2.75, 3.05) is 45.7 Å². The number of esters is 2. The van der Waals surface area contributed by atoms with Gasteiger partial charge >= 0.3 is 45.8 Å². The fourth-order valence-electron chi connectivity index (χ4n) is 12.0. The molecule has 1 heterocycles. The third kappa shape index (κ3) is 34.8. The zero-order chi connectivity index (χ0) is 85.2. The largest absolute Gasteiger partial charge is 0.481 e. The lowest BCUT2D eigenvalue weighted by molar-refractivity contribution is -0.155. The van der Waals surface area contributed by atoms with Crippen LogP contribution in [-0.2, 0) is 97.6 Å². The van der Waals surface area contributed by atoms with Crippen LogP contribution in [0, 0.1) is 23.7 Å². The number of carbonyl (C=O) groups is 12. The van der Waals surface area contributed by atoms with Crippen LogP contribution in [0.15, 0.2) is 84.0 Å². The van der Waals surface area contributed by atoms with E-state index in [4.69, 9.17) is 45.3 Å². The van der Waals surface area contributed by atoms with Gasteiger partial charge in [0.25, 0.3) is 5.91 Å². The van der Waals surface area contributed by atoms with Crippen LogP contribution in [0.1, 0.15) is 178 Å². The highest BCUT2D eigenvalue weighted by Crippen LogP contribution is 2.60. The van der Waals surface area contributed by atoms with Crippen LogP contribution in [-0.4, -0.2) is 192 Å². The number of nitrogens with two attached hydrogens (primary N) is 1. The summed E-state index contributed by atoms with van der Waals surface area (Å²) in [6, 6.07) is 4.06. The van der Waals surface area contributed by atoms with Crippen molar-refractivity contribution < 1.29 is 109 Å². The molecule has 4 unspecified atom stereocenters. The first kappa shape index (κ1) is 97.6. The number of carbonyl (C=O) groups excluding carboxylic acids is 12. The summed E-state index contributed by atoms with van der Waals surface area (Å²) in [5, 5.41) is 21.5. The topological polar surface area (TPSA) is 473 Å². The Morgan fingerprint density at radius 1 is 0.754 bits per heavy atom. The fraction of sp³-hybridized carbons (Fsp3) is 0.610. The number of primary amides is 1. The molecule has 2 aromatic carbocycles. The number of alkyl carbamates (subject to hydrolysis) is 2. The molecule has 0 aromatic heterocycles. The minimum atomic E-state index is -5.29. The first-order valence-corrected chi connectivity index (χ1v) is 41.8. The lowest BCUT2D eigenvalue weighted by Gasteiger charge is -2.33. The van der Waals surface area contributed by atoms with Crippen molar-refractivity contribution in [2.24, 2.45) is 29.4 Å². The Balaban J connectivity index is 1.43. The molecule has 0 spiro atoms. The standard InChI is InChI=1S/C77H118ClN11O23P2/c1-15-48(7)65-70(94)83-53(12)74(98)111-66(49(8)16-2)51(10)61(38-29-50(9)73(97)109-62(42-46(3)4)68(92)82-52(11)71(95)89(14)60(43-54-30-34-56(78)35-31-54)72(96)88(13)44-63(90)86-65)110-76(100)81-39-23-20-24-41-106-113(102,103)112-114(104,105)107-45-55-32-36-57(37-33-55)84-67(91)59(28-25-40-80-75(79)99)85-69(93)64(47(5)6)87-77(101)108-58-26-21-18-17-19-22-27-58/h16-18,29-37,46-48,51-53,58-62,64-66H,15,19-28,38-45H2,1-14H3,(H,81,100)(H,82,92)(H,83,94)(H,84,91)(H,85,93)(H,86,90)(H,87,101)(H,102,103)(H,104,105)(H3,79,80,99)/b18-17+,49-16+,50-29+/t48?,51-,52-,53+,58?,59-,60+,61-,62+,64+,65-,66+/m0/s1. The lowest BCUT2D eigenvalue weighted by atomic mass is 9.90. The average Bonchev–Trinajstić information content (AvgIpc) is 0.834. The van der Waals surface area contributed by atoms with E-state index in [-0.39, 0.29) is 93.3 Å². The van der Waals surface area contributed by atoms with E-state index >= 15 is 0 Å². The van der Waals surface area contributed by atoms with E-state index in [0.717, 1.165) is 29.1 Å². The number of unbranched alkanes of at least 4 members (excludes halogenated alkanes) is 2. The zero-order valence-corrected chi connectivity index (χ0v) is 70.2. The second-order valence-electron chi connectivity index (χ2n) is 29.4. The summed E-state index contributed by atoms with van der Waals surface area (Å²) in [4.78, 5) is 188. The molecular formula is C77H118ClN11O23P2. The van der Waals surface area contributed by atoms with E-state index in [9.17, 15) is 76.5 Å². The van der Waals surface area contributed by atoms with Crippen molar-refractivity contribution >= 4 is 104 Å². The summed E-state index contributed by atoms with van der Waals surface area (Å²) in [5.41, 5.74) is 6.75. The van der Waals surface area contributed by atoms with E-state index in [1.54, 1.807) is 92.7 Å². The van der Waals surface area contributed by atoms with Gasteiger partial charge in [-0.2, -0.15) is 4.31 Å². The number of benzene rings is 2. The lowest BCUT2D eigenvalue weighted by Crippen LogP contribution is -2.57. The first-order chi connectivity index (χ1) is 53.6. The van der Waals surface area contributed by atoms with Crippen LogP contribution in [0.25, 0.3) is 0 Å².